The Kier molecular flexibility index (Phi) is 4.30. The van der Waals surface area contributed by atoms with Crippen LogP contribution in [0.25, 0.3) is 0 Å². The van der Waals surface area contributed by atoms with Crippen LogP contribution in [0.3, 0.4) is 0 Å². The quantitative estimate of drug-likeness (QED) is 0.779. The molecule has 0 fully saturated rings. The molecule has 2 rings (SSSR count). The minimum Gasteiger partial charge on any atom is -0.466 e. The zero-order chi connectivity index (χ0) is 13.8. The third-order valence-corrected chi connectivity index (χ3v) is 3.58. The number of para-hydroxylation sites is 2. The summed E-state index contributed by atoms with van der Waals surface area (Å²) in [6, 6.07) is 8.50. The van der Waals surface area contributed by atoms with Crippen molar-refractivity contribution in [2.24, 2.45) is 0 Å². The van der Waals surface area contributed by atoms with Gasteiger partial charge in [0, 0.05) is 26.2 Å². The topological polar surface area (TPSA) is 32.8 Å². The first-order valence-electron chi connectivity index (χ1n) is 6.86. The van der Waals surface area contributed by atoms with Crippen molar-refractivity contribution in [3.63, 3.8) is 0 Å². The Balaban J connectivity index is 2.13. The van der Waals surface area contributed by atoms with E-state index in [1.165, 1.54) is 11.4 Å². The monoisotopic (exact) mass is 262 g/mol. The minimum absolute atomic E-state index is 0.119. The van der Waals surface area contributed by atoms with Crippen molar-refractivity contribution in [3.05, 3.63) is 24.3 Å². The fourth-order valence-corrected chi connectivity index (χ4v) is 2.56. The average molecular weight is 262 g/mol. The highest BCUT2D eigenvalue weighted by atomic mass is 16.5. The fraction of sp³-hybridized carbons (Fsp3) is 0.533. The highest BCUT2D eigenvalue weighted by molar-refractivity contribution is 5.75. The lowest BCUT2D eigenvalue weighted by atomic mass is 10.1. The molecule has 0 spiro atoms. The molecule has 4 nitrogen and oxygen atoms in total. The molecule has 0 bridgehead atoms. The second kappa shape index (κ2) is 5.95. The number of fused-ring (bicyclic) bond motifs is 1. The number of hydrogen-bond acceptors (Lipinski definition) is 4. The molecule has 1 aromatic rings. The molecule has 1 aliphatic heterocycles. The predicted octanol–water partition coefficient (Wildman–Crippen LogP) is 2.28. The van der Waals surface area contributed by atoms with Gasteiger partial charge in [-0.2, -0.15) is 0 Å². The van der Waals surface area contributed by atoms with E-state index in [1.807, 2.05) is 13.0 Å². The van der Waals surface area contributed by atoms with Gasteiger partial charge in [-0.3, -0.25) is 4.79 Å². The number of benzene rings is 1. The maximum absolute atomic E-state index is 11.6. The standard InChI is InChI=1S/C15H22N2O2/c1-4-19-15(18)11-12(2)17-10-9-16(3)13-7-5-6-8-14(13)17/h5-8,12H,4,9-11H2,1-3H3. The number of carbonyl (C=O) groups is 1. The summed E-state index contributed by atoms with van der Waals surface area (Å²) in [6.07, 6.45) is 0.436. The zero-order valence-electron chi connectivity index (χ0n) is 11.9. The summed E-state index contributed by atoms with van der Waals surface area (Å²) in [7, 11) is 2.10. The van der Waals surface area contributed by atoms with E-state index in [4.69, 9.17) is 4.74 Å². The SMILES string of the molecule is CCOC(=O)CC(C)N1CCN(C)c2ccccc21. The van der Waals surface area contributed by atoms with Crippen LogP contribution in [0.15, 0.2) is 24.3 Å². The Bertz CT molecular complexity index is 448. The lowest BCUT2D eigenvalue weighted by molar-refractivity contribution is -0.143. The summed E-state index contributed by atoms with van der Waals surface area (Å²) < 4.78 is 5.04. The molecule has 1 aromatic carbocycles. The van der Waals surface area contributed by atoms with Gasteiger partial charge in [0.1, 0.15) is 0 Å². The van der Waals surface area contributed by atoms with Crippen LogP contribution in [0, 0.1) is 0 Å². The van der Waals surface area contributed by atoms with Crippen molar-refractivity contribution >= 4 is 17.3 Å². The lowest BCUT2D eigenvalue weighted by Crippen LogP contribution is -2.44. The molecule has 0 N–H and O–H groups in total. The minimum atomic E-state index is -0.119. The number of likely N-dealkylation sites (N-methyl/N-ethyl adjacent to an activating group) is 1. The third-order valence-electron chi connectivity index (χ3n) is 3.58. The van der Waals surface area contributed by atoms with Gasteiger partial charge in [0.15, 0.2) is 0 Å². The number of carbonyl (C=O) groups excluding carboxylic acids is 1. The number of rotatable bonds is 4. The molecule has 0 aliphatic carbocycles. The van der Waals surface area contributed by atoms with E-state index in [9.17, 15) is 4.79 Å². The first-order valence-corrected chi connectivity index (χ1v) is 6.86. The number of anilines is 2. The van der Waals surface area contributed by atoms with Crippen LogP contribution in [0.4, 0.5) is 11.4 Å². The summed E-state index contributed by atoms with van der Waals surface area (Å²) >= 11 is 0. The first-order chi connectivity index (χ1) is 9.13. The van der Waals surface area contributed by atoms with Crippen molar-refractivity contribution in [1.82, 2.24) is 0 Å². The first kappa shape index (κ1) is 13.7. The number of nitrogens with zero attached hydrogens (tertiary/aromatic N) is 2. The third kappa shape index (κ3) is 3.00. The molecule has 1 heterocycles. The van der Waals surface area contributed by atoms with Gasteiger partial charge in [-0.05, 0) is 26.0 Å². The van der Waals surface area contributed by atoms with Gasteiger partial charge in [-0.25, -0.2) is 0 Å². The molecule has 104 valence electrons. The van der Waals surface area contributed by atoms with Crippen LogP contribution >= 0.6 is 0 Å². The maximum Gasteiger partial charge on any atom is 0.307 e. The van der Waals surface area contributed by atoms with Crippen LogP contribution in [-0.4, -0.2) is 38.8 Å². The van der Waals surface area contributed by atoms with Gasteiger partial charge in [-0.15, -0.1) is 0 Å². The van der Waals surface area contributed by atoms with Crippen molar-refractivity contribution in [1.29, 1.82) is 0 Å². The van der Waals surface area contributed by atoms with Gasteiger partial charge >= 0.3 is 5.97 Å². The molecule has 0 amide bonds. The molecular formula is C15H22N2O2. The Hall–Kier alpha value is -1.71. The number of esters is 1. The number of ether oxygens (including phenoxy) is 1. The van der Waals surface area contributed by atoms with Crippen LogP contribution in [0.1, 0.15) is 20.3 Å². The summed E-state index contributed by atoms with van der Waals surface area (Å²) in [6.45, 7) is 6.29. The van der Waals surface area contributed by atoms with E-state index in [-0.39, 0.29) is 12.0 Å². The van der Waals surface area contributed by atoms with Gasteiger partial charge < -0.3 is 14.5 Å². The summed E-state index contributed by atoms with van der Waals surface area (Å²) in [5.74, 6) is -0.119. The molecule has 4 heteroatoms. The molecule has 0 saturated heterocycles. The summed E-state index contributed by atoms with van der Waals surface area (Å²) in [5, 5.41) is 0. The Labute approximate surface area is 115 Å². The Morgan fingerprint density at radius 1 is 1.32 bits per heavy atom. The molecule has 1 atom stereocenters. The Morgan fingerprint density at radius 2 is 2.00 bits per heavy atom. The van der Waals surface area contributed by atoms with Gasteiger partial charge in [0.05, 0.1) is 24.4 Å². The zero-order valence-corrected chi connectivity index (χ0v) is 11.9. The van der Waals surface area contributed by atoms with E-state index >= 15 is 0 Å². The number of hydrogen-bond donors (Lipinski definition) is 0. The maximum atomic E-state index is 11.6. The van der Waals surface area contributed by atoms with Crippen molar-refractivity contribution in [2.45, 2.75) is 26.3 Å². The Morgan fingerprint density at radius 3 is 2.68 bits per heavy atom. The largest absolute Gasteiger partial charge is 0.466 e. The highest BCUT2D eigenvalue weighted by Gasteiger charge is 2.25. The van der Waals surface area contributed by atoms with Gasteiger partial charge in [0.25, 0.3) is 0 Å². The van der Waals surface area contributed by atoms with Crippen LogP contribution in [-0.2, 0) is 9.53 Å². The van der Waals surface area contributed by atoms with E-state index in [1.54, 1.807) is 0 Å². The molecule has 1 aliphatic rings. The highest BCUT2D eigenvalue weighted by Crippen LogP contribution is 2.33. The summed E-state index contributed by atoms with van der Waals surface area (Å²) in [4.78, 5) is 16.2. The van der Waals surface area contributed by atoms with Crippen LogP contribution in [0.2, 0.25) is 0 Å². The molecule has 19 heavy (non-hydrogen) atoms. The normalized spacial score (nSPS) is 15.9. The molecule has 1 unspecified atom stereocenters. The molecule has 0 aromatic heterocycles. The van der Waals surface area contributed by atoms with E-state index in [2.05, 4.69) is 42.0 Å². The molecular weight excluding hydrogens is 240 g/mol. The van der Waals surface area contributed by atoms with Crippen molar-refractivity contribution in [2.75, 3.05) is 36.5 Å². The van der Waals surface area contributed by atoms with E-state index < -0.39 is 0 Å². The van der Waals surface area contributed by atoms with E-state index in [0.29, 0.717) is 13.0 Å². The molecule has 0 saturated carbocycles. The van der Waals surface area contributed by atoms with Gasteiger partial charge in [0.2, 0.25) is 0 Å². The summed E-state index contributed by atoms with van der Waals surface area (Å²) in [5.41, 5.74) is 2.43. The average Bonchev–Trinajstić information content (AvgIpc) is 2.39. The predicted molar refractivity (Wildman–Crippen MR) is 77.8 cm³/mol. The second-order valence-corrected chi connectivity index (χ2v) is 4.96. The van der Waals surface area contributed by atoms with Crippen LogP contribution in [0.5, 0.6) is 0 Å². The van der Waals surface area contributed by atoms with Gasteiger partial charge in [-0.1, -0.05) is 12.1 Å². The van der Waals surface area contributed by atoms with Crippen LogP contribution < -0.4 is 9.80 Å². The molecule has 0 radical (unpaired) electrons. The second-order valence-electron chi connectivity index (χ2n) is 4.96. The van der Waals surface area contributed by atoms with Crippen molar-refractivity contribution < 1.29 is 9.53 Å². The smallest absolute Gasteiger partial charge is 0.307 e. The fourth-order valence-electron chi connectivity index (χ4n) is 2.56. The van der Waals surface area contributed by atoms with E-state index in [0.717, 1.165) is 13.1 Å². The lowest BCUT2D eigenvalue weighted by Gasteiger charge is -2.40. The van der Waals surface area contributed by atoms with Crippen molar-refractivity contribution in [3.8, 4) is 0 Å².